The van der Waals surface area contributed by atoms with Crippen molar-refractivity contribution in [1.29, 1.82) is 0 Å². The quantitative estimate of drug-likeness (QED) is 0.510. The molecule has 0 aromatic rings. The zero-order valence-electron chi connectivity index (χ0n) is 10.9. The maximum Gasteiger partial charge on any atom is 0.324 e. The maximum absolute atomic E-state index is 11.8. The first-order valence-electron chi connectivity index (χ1n) is 6.11. The topological polar surface area (TPSA) is 55.6 Å². The van der Waals surface area contributed by atoms with Crippen LogP contribution in [0, 0.1) is 5.92 Å². The Hall–Kier alpha value is -1.10. The largest absolute Gasteiger partial charge is 0.465 e. The molecule has 0 aromatic heterocycles. The molecule has 0 aromatic carbocycles. The second kappa shape index (κ2) is 6.00. The Morgan fingerprint density at radius 1 is 1.24 bits per heavy atom. The van der Waals surface area contributed by atoms with E-state index in [0.29, 0.717) is 19.8 Å². The predicted molar refractivity (Wildman–Crippen MR) is 62.4 cm³/mol. The molecule has 0 aliphatic carbocycles. The van der Waals surface area contributed by atoms with Crippen molar-refractivity contribution in [2.75, 3.05) is 19.8 Å². The van der Waals surface area contributed by atoms with Gasteiger partial charge in [0.15, 0.2) is 0 Å². The van der Waals surface area contributed by atoms with Crippen molar-refractivity contribution in [3.63, 3.8) is 0 Å². The summed E-state index contributed by atoms with van der Waals surface area (Å²) in [5, 5.41) is 0. The fraction of sp³-hybridized carbons (Fsp3) is 0.833. The lowest BCUT2D eigenvalue weighted by molar-refractivity contribution is -0.150. The van der Waals surface area contributed by atoms with E-state index in [4.69, 9.17) is 9.47 Å². The average molecular weight is 243 g/mol. The smallest absolute Gasteiger partial charge is 0.324 e. The summed E-state index contributed by atoms with van der Waals surface area (Å²) in [6.45, 7) is 8.76. The summed E-state index contributed by atoms with van der Waals surface area (Å²) in [5.41, 5.74) is 0. The molecule has 98 valence electrons. The third-order valence-electron chi connectivity index (χ3n) is 2.73. The highest BCUT2D eigenvalue weighted by atomic mass is 16.5. The Morgan fingerprint density at radius 3 is 2.29 bits per heavy atom. The molecule has 1 aliphatic heterocycles. The summed E-state index contributed by atoms with van der Waals surface area (Å²) in [4.78, 5) is 25.1. The van der Waals surface area contributed by atoms with E-state index in [2.05, 4.69) is 0 Å². The molecule has 0 amide bonds. The van der Waals surface area contributed by atoms with Gasteiger partial charge >= 0.3 is 11.9 Å². The van der Waals surface area contributed by atoms with Gasteiger partial charge in [-0.2, -0.15) is 0 Å². The lowest BCUT2D eigenvalue weighted by atomic mass is 10.0. The van der Waals surface area contributed by atoms with Crippen molar-refractivity contribution in [1.82, 2.24) is 4.90 Å². The van der Waals surface area contributed by atoms with E-state index in [1.54, 1.807) is 13.8 Å². The van der Waals surface area contributed by atoms with Gasteiger partial charge < -0.3 is 9.47 Å². The van der Waals surface area contributed by atoms with Crippen molar-refractivity contribution in [3.05, 3.63) is 0 Å². The molecule has 3 atom stereocenters. The van der Waals surface area contributed by atoms with Gasteiger partial charge in [0.2, 0.25) is 0 Å². The number of hydrogen-bond donors (Lipinski definition) is 0. The van der Waals surface area contributed by atoms with Crippen LogP contribution in [0.25, 0.3) is 0 Å². The number of carbonyl (C=O) groups is 2. The van der Waals surface area contributed by atoms with Gasteiger partial charge in [0, 0.05) is 6.54 Å². The van der Waals surface area contributed by atoms with Gasteiger partial charge in [0.1, 0.15) is 12.1 Å². The molecular weight excluding hydrogens is 222 g/mol. The van der Waals surface area contributed by atoms with Crippen molar-refractivity contribution in [2.45, 2.75) is 39.8 Å². The lowest BCUT2D eigenvalue weighted by Crippen LogP contribution is -2.38. The van der Waals surface area contributed by atoms with Crippen LogP contribution in [0.1, 0.15) is 27.7 Å². The molecule has 0 N–H and O–H groups in total. The summed E-state index contributed by atoms with van der Waals surface area (Å²) < 4.78 is 9.95. The summed E-state index contributed by atoms with van der Waals surface area (Å²) in [6.07, 6.45) is 0. The van der Waals surface area contributed by atoms with Gasteiger partial charge in [-0.25, -0.2) is 0 Å². The van der Waals surface area contributed by atoms with Crippen LogP contribution in [0.4, 0.5) is 0 Å². The number of nitrogens with zero attached hydrogens (tertiary/aromatic N) is 1. The summed E-state index contributed by atoms with van der Waals surface area (Å²) >= 11 is 0. The Kier molecular flexibility index (Phi) is 4.93. The van der Waals surface area contributed by atoms with Crippen molar-refractivity contribution in [3.8, 4) is 0 Å². The molecule has 5 heteroatoms. The van der Waals surface area contributed by atoms with Crippen LogP contribution < -0.4 is 0 Å². The molecule has 5 nitrogen and oxygen atoms in total. The monoisotopic (exact) mass is 243 g/mol. The fourth-order valence-electron chi connectivity index (χ4n) is 1.93. The lowest BCUT2D eigenvalue weighted by Gasteiger charge is -2.20. The maximum atomic E-state index is 11.8. The van der Waals surface area contributed by atoms with E-state index in [-0.39, 0.29) is 29.9 Å². The Balaban J connectivity index is 2.57. The number of ether oxygens (including phenoxy) is 2. The molecule has 1 heterocycles. The van der Waals surface area contributed by atoms with E-state index < -0.39 is 0 Å². The molecular formula is C12H21NO4. The van der Waals surface area contributed by atoms with Gasteiger partial charge in [0.05, 0.1) is 13.2 Å². The van der Waals surface area contributed by atoms with Gasteiger partial charge in [-0.3, -0.25) is 14.5 Å². The summed E-state index contributed by atoms with van der Waals surface area (Å²) in [7, 11) is 0. The minimum Gasteiger partial charge on any atom is -0.465 e. The minimum atomic E-state index is -0.343. The first-order chi connectivity index (χ1) is 8.02. The van der Waals surface area contributed by atoms with Crippen molar-refractivity contribution >= 4 is 11.9 Å². The van der Waals surface area contributed by atoms with Crippen LogP contribution in [-0.2, 0) is 19.1 Å². The second-order valence-electron chi connectivity index (χ2n) is 4.41. The zero-order valence-corrected chi connectivity index (χ0v) is 10.9. The minimum absolute atomic E-state index is 0.119. The highest BCUT2D eigenvalue weighted by Gasteiger charge is 2.49. The summed E-state index contributed by atoms with van der Waals surface area (Å²) in [6, 6.07) is -0.615. The molecule has 17 heavy (non-hydrogen) atoms. The van der Waals surface area contributed by atoms with Crippen molar-refractivity contribution in [2.24, 2.45) is 5.92 Å². The highest BCUT2D eigenvalue weighted by Crippen LogP contribution is 2.27. The molecule has 1 aliphatic rings. The molecule has 0 bridgehead atoms. The Bertz CT molecular complexity index is 290. The number of esters is 2. The number of hydrogen-bond acceptors (Lipinski definition) is 5. The third-order valence-corrected chi connectivity index (χ3v) is 2.73. The number of carbonyl (C=O) groups excluding carboxylic acids is 2. The van der Waals surface area contributed by atoms with Crippen LogP contribution in [0.15, 0.2) is 0 Å². The van der Waals surface area contributed by atoms with E-state index in [1.807, 2.05) is 18.7 Å². The normalized spacial score (nSPS) is 24.3. The second-order valence-corrected chi connectivity index (χ2v) is 4.41. The van der Waals surface area contributed by atoms with Gasteiger partial charge in [0.25, 0.3) is 0 Å². The highest BCUT2D eigenvalue weighted by molar-refractivity contribution is 5.83. The van der Waals surface area contributed by atoms with Gasteiger partial charge in [-0.15, -0.1) is 0 Å². The molecule has 3 unspecified atom stereocenters. The molecule has 0 saturated carbocycles. The predicted octanol–water partition coefficient (Wildman–Crippen LogP) is 0.821. The standard InChI is InChI=1S/C12H21NO4/c1-5-16-11(14)9-7-13(9)10(8(3)4)12(15)17-6-2/h8-10H,5-7H2,1-4H3. The van der Waals surface area contributed by atoms with Crippen LogP contribution in [0.2, 0.25) is 0 Å². The summed E-state index contributed by atoms with van der Waals surface area (Å²) in [5.74, 6) is -0.384. The van der Waals surface area contributed by atoms with Crippen LogP contribution in [0.5, 0.6) is 0 Å². The van der Waals surface area contributed by atoms with Crippen LogP contribution in [0.3, 0.4) is 0 Å². The average Bonchev–Trinajstić information content (AvgIpc) is 2.98. The van der Waals surface area contributed by atoms with E-state index in [1.165, 1.54) is 0 Å². The molecule has 1 fully saturated rings. The van der Waals surface area contributed by atoms with E-state index in [9.17, 15) is 9.59 Å². The van der Waals surface area contributed by atoms with E-state index >= 15 is 0 Å². The van der Waals surface area contributed by atoms with Crippen LogP contribution >= 0.6 is 0 Å². The first kappa shape index (κ1) is 14.0. The molecule has 0 spiro atoms. The first-order valence-corrected chi connectivity index (χ1v) is 6.11. The van der Waals surface area contributed by atoms with Crippen LogP contribution in [-0.4, -0.2) is 48.7 Å². The zero-order chi connectivity index (χ0) is 13.0. The Labute approximate surface area is 102 Å². The SMILES string of the molecule is CCOC(=O)C1CN1C(C(=O)OCC)C(C)C. The molecule has 1 saturated heterocycles. The number of rotatable bonds is 6. The molecule has 0 radical (unpaired) electrons. The Morgan fingerprint density at radius 2 is 1.82 bits per heavy atom. The van der Waals surface area contributed by atoms with Gasteiger partial charge in [-0.05, 0) is 19.8 Å². The fourth-order valence-corrected chi connectivity index (χ4v) is 1.93. The van der Waals surface area contributed by atoms with Crippen molar-refractivity contribution < 1.29 is 19.1 Å². The van der Waals surface area contributed by atoms with Gasteiger partial charge in [-0.1, -0.05) is 13.8 Å². The third kappa shape index (κ3) is 3.43. The van der Waals surface area contributed by atoms with E-state index in [0.717, 1.165) is 0 Å². The molecule has 1 rings (SSSR count).